The van der Waals surface area contributed by atoms with E-state index in [1.807, 2.05) is 10.6 Å². The van der Waals surface area contributed by atoms with Crippen LogP contribution in [0.4, 0.5) is 0 Å². The van der Waals surface area contributed by atoms with Gasteiger partial charge in [-0.15, -0.1) is 0 Å². The Bertz CT molecular complexity index is 1860. The number of aromatic nitrogens is 2. The van der Waals surface area contributed by atoms with Gasteiger partial charge in [0.1, 0.15) is 11.5 Å². The zero-order valence-corrected chi connectivity index (χ0v) is 23.3. The minimum Gasteiger partial charge on any atom is -0.502 e. The predicted octanol–water partition coefficient (Wildman–Crippen LogP) is 2.67. The van der Waals surface area contributed by atoms with E-state index in [9.17, 15) is 24.3 Å². The Hall–Kier alpha value is -4.64. The van der Waals surface area contributed by atoms with Crippen LogP contribution in [-0.4, -0.2) is 52.8 Å². The van der Waals surface area contributed by atoms with Crippen LogP contribution in [0.5, 0.6) is 11.5 Å². The minimum absolute atomic E-state index is 0.00333. The fourth-order valence-electron chi connectivity index (χ4n) is 6.40. The molecule has 0 spiro atoms. The molecule has 4 aromatic rings. The topological polar surface area (TPSA) is 144 Å². The lowest BCUT2D eigenvalue weighted by atomic mass is 9.83. The maximum Gasteiger partial charge on any atom is 0.306 e. The van der Waals surface area contributed by atoms with Crippen molar-refractivity contribution in [3.05, 3.63) is 102 Å². The Morgan fingerprint density at radius 2 is 1.93 bits per heavy atom. The van der Waals surface area contributed by atoms with Gasteiger partial charge in [-0.25, -0.2) is 0 Å². The van der Waals surface area contributed by atoms with Crippen LogP contribution in [0.3, 0.4) is 0 Å². The van der Waals surface area contributed by atoms with E-state index in [0.717, 1.165) is 12.1 Å². The van der Waals surface area contributed by atoms with Crippen molar-refractivity contribution in [2.24, 2.45) is 5.92 Å². The summed E-state index contributed by atoms with van der Waals surface area (Å²) in [6.45, 7) is 2.28. The van der Waals surface area contributed by atoms with E-state index in [4.69, 9.17) is 13.9 Å². The molecule has 0 amide bonds. The number of ether oxygens (including phenoxy) is 2. The fourth-order valence-corrected chi connectivity index (χ4v) is 6.40. The van der Waals surface area contributed by atoms with Gasteiger partial charge in [0.25, 0.3) is 11.1 Å². The molecule has 218 valence electrons. The summed E-state index contributed by atoms with van der Waals surface area (Å²) >= 11 is 0. The Balaban J connectivity index is 1.37. The zero-order chi connectivity index (χ0) is 29.5. The van der Waals surface area contributed by atoms with Crippen molar-refractivity contribution in [3.63, 3.8) is 0 Å². The third-order valence-corrected chi connectivity index (χ3v) is 8.31. The predicted molar refractivity (Wildman–Crippen MR) is 153 cm³/mol. The van der Waals surface area contributed by atoms with Crippen LogP contribution in [0.1, 0.15) is 47.5 Å². The van der Waals surface area contributed by atoms with Crippen LogP contribution in [-0.2, 0) is 22.6 Å². The number of hydrogen-bond acceptors (Lipinski definition) is 9. The van der Waals surface area contributed by atoms with Gasteiger partial charge in [0.2, 0.25) is 11.2 Å². The lowest BCUT2D eigenvalue weighted by Crippen LogP contribution is -2.46. The number of carbonyl (C=O) groups is 1. The Kier molecular flexibility index (Phi) is 7.19. The first kappa shape index (κ1) is 27.5. The average molecular weight is 574 g/mol. The van der Waals surface area contributed by atoms with Crippen LogP contribution >= 0.6 is 0 Å². The molecule has 11 nitrogen and oxygen atoms in total. The summed E-state index contributed by atoms with van der Waals surface area (Å²) < 4.78 is 18.2. The lowest BCUT2D eigenvalue weighted by molar-refractivity contribution is -0.140. The number of nitrogens with zero attached hydrogens (tertiary/aromatic N) is 2. The standard InChI is InChI=1S/C31H31N3O8/c1-40-20-6-7-24-18(9-20)10-23(31(39)32-24)22(12-28(37)41-2)30-29(38)26(35)11-21(42-30)16-33-13-17-8-19(15-33)25-4-3-5-27(36)34(25)14-17/h3-7,9-11,17,19,22,38H,8,12-16H2,1-2H3,(H,32,39)/t17-,19+,22-/m0/s1. The third kappa shape index (κ3) is 5.11. The van der Waals surface area contributed by atoms with E-state index in [1.54, 1.807) is 36.4 Å². The number of methoxy groups -OCH3 is 2. The minimum atomic E-state index is -1.09. The second-order valence-corrected chi connectivity index (χ2v) is 11.0. The molecule has 1 fully saturated rings. The van der Waals surface area contributed by atoms with Crippen molar-refractivity contribution in [3.8, 4) is 11.5 Å². The van der Waals surface area contributed by atoms with Crippen molar-refractivity contribution >= 4 is 16.9 Å². The molecule has 6 rings (SSSR count). The number of esters is 1. The number of rotatable bonds is 7. The normalized spacial score (nSPS) is 18.8. The van der Waals surface area contributed by atoms with E-state index in [-0.39, 0.29) is 41.7 Å². The summed E-state index contributed by atoms with van der Waals surface area (Å²) in [5.74, 6) is -1.28. The van der Waals surface area contributed by atoms with Gasteiger partial charge in [-0.1, -0.05) is 6.07 Å². The molecule has 3 atom stereocenters. The maximum atomic E-state index is 13.2. The van der Waals surface area contributed by atoms with Crippen molar-refractivity contribution < 1.29 is 23.8 Å². The first-order valence-corrected chi connectivity index (χ1v) is 13.8. The van der Waals surface area contributed by atoms with Crippen LogP contribution in [0, 0.1) is 5.92 Å². The monoisotopic (exact) mass is 573 g/mol. The number of H-pyrrole nitrogens is 1. The molecular weight excluding hydrogens is 542 g/mol. The van der Waals surface area contributed by atoms with Gasteiger partial charge in [0, 0.05) is 59.8 Å². The highest BCUT2D eigenvalue weighted by atomic mass is 16.5. The lowest BCUT2D eigenvalue weighted by Gasteiger charge is -2.42. The van der Waals surface area contributed by atoms with Gasteiger partial charge in [0.15, 0.2) is 5.76 Å². The van der Waals surface area contributed by atoms with Crippen LogP contribution in [0.15, 0.2) is 67.3 Å². The molecule has 3 aromatic heterocycles. The quantitative estimate of drug-likeness (QED) is 0.319. The molecule has 0 radical (unpaired) electrons. The van der Waals surface area contributed by atoms with Crippen molar-refractivity contribution in [2.75, 3.05) is 27.3 Å². The second-order valence-electron chi connectivity index (χ2n) is 11.0. The second kappa shape index (κ2) is 11.0. The molecule has 1 aromatic carbocycles. The molecule has 2 N–H and O–H groups in total. The van der Waals surface area contributed by atoms with Crippen LogP contribution < -0.4 is 21.3 Å². The van der Waals surface area contributed by atoms with Gasteiger partial charge >= 0.3 is 5.97 Å². The van der Waals surface area contributed by atoms with Gasteiger partial charge in [-0.3, -0.25) is 24.1 Å². The Labute approximate surface area is 239 Å². The van der Waals surface area contributed by atoms with Gasteiger partial charge in [-0.05, 0) is 42.7 Å². The molecular formula is C31H31N3O8. The molecule has 0 saturated carbocycles. The Morgan fingerprint density at radius 3 is 2.71 bits per heavy atom. The SMILES string of the molecule is COC(=O)C[C@H](c1oc(CN2C[C@@H]3C[C@H](C2)c2cccc(=O)n2C3)cc(=O)c1O)c1cc2cc(OC)ccc2[nH]c1=O. The number of aromatic hydroxyl groups is 1. The molecule has 1 saturated heterocycles. The highest BCUT2D eigenvalue weighted by Gasteiger charge is 2.35. The number of aromatic amines is 1. The van der Waals surface area contributed by atoms with E-state index >= 15 is 0 Å². The van der Waals surface area contributed by atoms with E-state index in [1.165, 1.54) is 20.3 Å². The van der Waals surface area contributed by atoms with Crippen LogP contribution in [0.25, 0.3) is 10.9 Å². The van der Waals surface area contributed by atoms with Gasteiger partial charge in [0.05, 0.1) is 33.1 Å². The molecule has 11 heteroatoms. The summed E-state index contributed by atoms with van der Waals surface area (Å²) in [5, 5.41) is 11.5. The number of carbonyl (C=O) groups excluding carboxylic acids is 1. The number of fused-ring (bicyclic) bond motifs is 5. The molecule has 5 heterocycles. The van der Waals surface area contributed by atoms with Gasteiger partial charge < -0.3 is 28.5 Å². The summed E-state index contributed by atoms with van der Waals surface area (Å²) in [4.78, 5) is 56.1. The highest BCUT2D eigenvalue weighted by Crippen LogP contribution is 2.37. The molecule has 0 unspecified atom stereocenters. The molecule has 2 aliphatic heterocycles. The molecule has 2 bridgehead atoms. The van der Waals surface area contributed by atoms with Crippen molar-refractivity contribution in [1.82, 2.24) is 14.5 Å². The number of piperidine rings is 1. The first-order valence-electron chi connectivity index (χ1n) is 13.8. The van der Waals surface area contributed by atoms with Crippen molar-refractivity contribution in [1.29, 1.82) is 0 Å². The summed E-state index contributed by atoms with van der Waals surface area (Å²) in [5.41, 5.74) is 0.526. The number of benzene rings is 1. The zero-order valence-electron chi connectivity index (χ0n) is 23.3. The average Bonchev–Trinajstić information content (AvgIpc) is 2.97. The molecule has 2 aliphatic rings. The van der Waals surface area contributed by atoms with E-state index in [0.29, 0.717) is 42.0 Å². The largest absolute Gasteiger partial charge is 0.502 e. The molecule has 0 aliphatic carbocycles. The third-order valence-electron chi connectivity index (χ3n) is 8.31. The van der Waals surface area contributed by atoms with E-state index in [2.05, 4.69) is 9.88 Å². The maximum absolute atomic E-state index is 13.2. The van der Waals surface area contributed by atoms with E-state index < -0.39 is 28.6 Å². The Morgan fingerprint density at radius 1 is 1.10 bits per heavy atom. The van der Waals surface area contributed by atoms with Crippen molar-refractivity contribution in [2.45, 2.75) is 37.8 Å². The molecule has 42 heavy (non-hydrogen) atoms. The first-order chi connectivity index (χ1) is 20.2. The summed E-state index contributed by atoms with van der Waals surface area (Å²) in [7, 11) is 2.75. The number of hydrogen-bond donors (Lipinski definition) is 2. The fraction of sp³-hybridized carbons (Fsp3) is 0.355. The summed E-state index contributed by atoms with van der Waals surface area (Å²) in [6, 6.07) is 13.3. The number of nitrogens with one attached hydrogen (secondary N) is 1. The smallest absolute Gasteiger partial charge is 0.306 e. The number of pyridine rings is 2. The summed E-state index contributed by atoms with van der Waals surface area (Å²) in [6.07, 6.45) is 0.635. The van der Waals surface area contributed by atoms with Crippen LogP contribution in [0.2, 0.25) is 0 Å². The highest BCUT2D eigenvalue weighted by molar-refractivity contribution is 5.81. The number of likely N-dealkylation sites (tertiary alicyclic amines) is 1. The van der Waals surface area contributed by atoms with Gasteiger partial charge in [-0.2, -0.15) is 0 Å².